The Hall–Kier alpha value is -2.33. The predicted molar refractivity (Wildman–Crippen MR) is 124 cm³/mol. The first-order valence-electron chi connectivity index (χ1n) is 11.2. The van der Waals surface area contributed by atoms with Gasteiger partial charge in [0.25, 0.3) is 0 Å². The molecule has 0 atom stereocenters. The Bertz CT molecular complexity index is 1040. The molecule has 1 aliphatic rings. The Labute approximate surface area is 195 Å². The van der Waals surface area contributed by atoms with Crippen molar-refractivity contribution in [3.8, 4) is 0 Å². The summed E-state index contributed by atoms with van der Waals surface area (Å²) in [6, 6.07) is 4.52. The van der Waals surface area contributed by atoms with Crippen LogP contribution in [0.3, 0.4) is 0 Å². The molecular weight excluding hydrogens is 453 g/mol. The third-order valence-corrected chi connectivity index (χ3v) is 6.82. The Morgan fingerprint density at radius 1 is 1.21 bits per heavy atom. The molecule has 1 aromatic carbocycles. The summed E-state index contributed by atoms with van der Waals surface area (Å²) in [6.45, 7) is 7.35. The summed E-state index contributed by atoms with van der Waals surface area (Å²) in [5, 5.41) is 3.05. The van der Waals surface area contributed by atoms with Gasteiger partial charge in [0.15, 0.2) is 0 Å². The summed E-state index contributed by atoms with van der Waals surface area (Å²) in [5.41, 5.74) is 0.948. The van der Waals surface area contributed by atoms with Crippen molar-refractivity contribution in [2.75, 3.05) is 30.7 Å². The molecule has 1 heterocycles. The van der Waals surface area contributed by atoms with Crippen LogP contribution in [-0.4, -0.2) is 45.7 Å². The maximum absolute atomic E-state index is 12.9. The summed E-state index contributed by atoms with van der Waals surface area (Å²) >= 11 is 1.16. The van der Waals surface area contributed by atoms with E-state index in [-0.39, 0.29) is 17.1 Å². The van der Waals surface area contributed by atoms with Crippen molar-refractivity contribution in [1.29, 1.82) is 0 Å². The van der Waals surface area contributed by atoms with Crippen molar-refractivity contribution in [1.82, 2.24) is 14.5 Å². The van der Waals surface area contributed by atoms with Gasteiger partial charge in [0, 0.05) is 30.0 Å². The Morgan fingerprint density at radius 3 is 2.64 bits per heavy atom. The van der Waals surface area contributed by atoms with Crippen LogP contribution in [0.5, 0.6) is 0 Å². The molecule has 0 saturated heterocycles. The van der Waals surface area contributed by atoms with E-state index in [9.17, 15) is 22.8 Å². The van der Waals surface area contributed by atoms with Crippen LogP contribution in [-0.2, 0) is 30.4 Å². The van der Waals surface area contributed by atoms with Crippen molar-refractivity contribution in [3.63, 3.8) is 0 Å². The monoisotopic (exact) mass is 482 g/mol. The minimum atomic E-state index is -4.48. The number of anilines is 1. The van der Waals surface area contributed by atoms with Crippen LogP contribution in [0.2, 0.25) is 0 Å². The highest BCUT2D eigenvalue weighted by atomic mass is 32.2. The average molecular weight is 483 g/mol. The number of hydrogen-bond acceptors (Lipinski definition) is 5. The molecule has 0 saturated carbocycles. The van der Waals surface area contributed by atoms with E-state index in [1.807, 2.05) is 0 Å². The van der Waals surface area contributed by atoms with Gasteiger partial charge in [0.2, 0.25) is 5.91 Å². The molecule has 0 bridgehead atoms. The Balaban J connectivity index is 1.72. The molecular formula is C23H29F3N4O2S. The van der Waals surface area contributed by atoms with Gasteiger partial charge in [0.1, 0.15) is 5.03 Å². The number of likely N-dealkylation sites (N-methyl/N-ethyl adjacent to an activating group) is 1. The number of hydrogen-bond donors (Lipinski definition) is 1. The molecule has 0 radical (unpaired) electrons. The van der Waals surface area contributed by atoms with E-state index in [1.54, 1.807) is 4.57 Å². The summed E-state index contributed by atoms with van der Waals surface area (Å²) in [4.78, 5) is 31.7. The number of alkyl halides is 3. The van der Waals surface area contributed by atoms with E-state index in [0.29, 0.717) is 11.6 Å². The maximum atomic E-state index is 12.9. The third-order valence-electron chi connectivity index (χ3n) is 5.80. The van der Waals surface area contributed by atoms with Gasteiger partial charge in [-0.3, -0.25) is 9.36 Å². The fraction of sp³-hybridized carbons (Fsp3) is 0.522. The number of carbonyl (C=O) groups excluding carboxylic acids is 1. The lowest BCUT2D eigenvalue weighted by Gasteiger charge is -2.24. The fourth-order valence-electron chi connectivity index (χ4n) is 3.98. The SMILES string of the molecule is CCN(CC)CCn1c2c(c(SCC(=O)Nc3cccc(C(F)(F)F)c3)nc1=O)CCCC2. The molecule has 1 aromatic heterocycles. The molecule has 1 aliphatic carbocycles. The molecule has 0 spiro atoms. The van der Waals surface area contributed by atoms with E-state index >= 15 is 0 Å². The number of carbonyl (C=O) groups is 1. The number of nitrogens with one attached hydrogen (secondary N) is 1. The maximum Gasteiger partial charge on any atom is 0.416 e. The van der Waals surface area contributed by atoms with Gasteiger partial charge in [-0.1, -0.05) is 31.7 Å². The average Bonchev–Trinajstić information content (AvgIpc) is 2.79. The standard InChI is InChI=1S/C23H29F3N4O2S/c1-3-29(4-2)12-13-30-19-11-6-5-10-18(19)21(28-22(30)32)33-15-20(31)27-17-9-7-8-16(14-17)23(24,25)26/h7-9,14H,3-6,10-13,15H2,1-2H3,(H,27,31). The molecule has 0 unspecified atom stereocenters. The van der Waals surface area contributed by atoms with Gasteiger partial charge in [0.05, 0.1) is 11.3 Å². The quantitative estimate of drug-likeness (QED) is 0.428. The molecule has 10 heteroatoms. The molecule has 1 N–H and O–H groups in total. The topological polar surface area (TPSA) is 67.2 Å². The molecule has 180 valence electrons. The lowest BCUT2D eigenvalue weighted by molar-refractivity contribution is -0.137. The van der Waals surface area contributed by atoms with Crippen molar-refractivity contribution in [2.24, 2.45) is 0 Å². The van der Waals surface area contributed by atoms with Crippen LogP contribution < -0.4 is 11.0 Å². The summed E-state index contributed by atoms with van der Waals surface area (Å²) in [6.07, 6.45) is -0.886. The lowest BCUT2D eigenvalue weighted by Crippen LogP contribution is -2.35. The molecule has 33 heavy (non-hydrogen) atoms. The highest BCUT2D eigenvalue weighted by Crippen LogP contribution is 2.31. The molecule has 2 aromatic rings. The van der Waals surface area contributed by atoms with Crippen LogP contribution in [0.1, 0.15) is 43.5 Å². The van der Waals surface area contributed by atoms with Gasteiger partial charge in [-0.05, 0) is 57.0 Å². The Morgan fingerprint density at radius 2 is 1.94 bits per heavy atom. The number of thioether (sulfide) groups is 1. The van der Waals surface area contributed by atoms with E-state index in [1.165, 1.54) is 12.1 Å². The number of aromatic nitrogens is 2. The lowest BCUT2D eigenvalue weighted by atomic mass is 9.97. The van der Waals surface area contributed by atoms with Gasteiger partial charge >= 0.3 is 11.9 Å². The van der Waals surface area contributed by atoms with Gasteiger partial charge in [-0.2, -0.15) is 18.2 Å². The van der Waals surface area contributed by atoms with Crippen molar-refractivity contribution < 1.29 is 18.0 Å². The highest BCUT2D eigenvalue weighted by molar-refractivity contribution is 8.00. The zero-order chi connectivity index (χ0) is 24.0. The van der Waals surface area contributed by atoms with Crippen LogP contribution in [0, 0.1) is 0 Å². The van der Waals surface area contributed by atoms with E-state index < -0.39 is 17.6 Å². The van der Waals surface area contributed by atoms with Crippen LogP contribution >= 0.6 is 11.8 Å². The van der Waals surface area contributed by atoms with E-state index in [0.717, 1.165) is 80.5 Å². The van der Waals surface area contributed by atoms with E-state index in [4.69, 9.17) is 0 Å². The first kappa shape index (κ1) is 25.3. The largest absolute Gasteiger partial charge is 0.416 e. The minimum absolute atomic E-state index is 0.0431. The number of amides is 1. The van der Waals surface area contributed by atoms with Crippen LogP contribution in [0.4, 0.5) is 18.9 Å². The van der Waals surface area contributed by atoms with Crippen LogP contribution in [0.25, 0.3) is 0 Å². The summed E-state index contributed by atoms with van der Waals surface area (Å²) in [5.74, 6) is -0.491. The molecule has 1 amide bonds. The van der Waals surface area contributed by atoms with Crippen molar-refractivity contribution in [2.45, 2.75) is 57.3 Å². The smallest absolute Gasteiger partial charge is 0.325 e. The summed E-state index contributed by atoms with van der Waals surface area (Å²) in [7, 11) is 0. The van der Waals surface area contributed by atoms with Crippen LogP contribution in [0.15, 0.2) is 34.1 Å². The Kier molecular flexibility index (Phi) is 8.58. The predicted octanol–water partition coefficient (Wildman–Crippen LogP) is 4.21. The van der Waals surface area contributed by atoms with Gasteiger partial charge < -0.3 is 10.2 Å². The normalized spacial score (nSPS) is 13.8. The molecule has 3 rings (SSSR count). The first-order chi connectivity index (χ1) is 15.7. The zero-order valence-corrected chi connectivity index (χ0v) is 19.7. The second-order valence-corrected chi connectivity index (χ2v) is 8.89. The van der Waals surface area contributed by atoms with E-state index in [2.05, 4.69) is 29.0 Å². The molecule has 0 aliphatic heterocycles. The van der Waals surface area contributed by atoms with Gasteiger partial charge in [-0.15, -0.1) is 0 Å². The molecule has 6 nitrogen and oxygen atoms in total. The van der Waals surface area contributed by atoms with Gasteiger partial charge in [-0.25, -0.2) is 4.79 Å². The second-order valence-electron chi connectivity index (χ2n) is 7.93. The molecule has 0 fully saturated rings. The number of benzene rings is 1. The zero-order valence-electron chi connectivity index (χ0n) is 18.9. The minimum Gasteiger partial charge on any atom is -0.325 e. The third kappa shape index (κ3) is 6.60. The number of rotatable bonds is 9. The van der Waals surface area contributed by atoms with Crippen molar-refractivity contribution in [3.05, 3.63) is 51.6 Å². The summed E-state index contributed by atoms with van der Waals surface area (Å²) < 4.78 is 40.4. The second kappa shape index (κ2) is 11.2. The number of halogens is 3. The fourth-order valence-corrected chi connectivity index (χ4v) is 4.86. The number of fused-ring (bicyclic) bond motifs is 1. The first-order valence-corrected chi connectivity index (χ1v) is 12.2. The van der Waals surface area contributed by atoms with Crippen molar-refractivity contribution >= 4 is 23.4 Å². The highest BCUT2D eigenvalue weighted by Gasteiger charge is 2.30. The number of nitrogens with zero attached hydrogens (tertiary/aromatic N) is 3.